The number of carbonyl (C=O) groups is 1. The number of fused-ring (bicyclic) bond motifs is 1. The largest absolute Gasteiger partial charge is 0.497 e. The Balaban J connectivity index is 2.10. The summed E-state index contributed by atoms with van der Waals surface area (Å²) in [6, 6.07) is 10.4. The van der Waals surface area contributed by atoms with Crippen LogP contribution in [0.15, 0.2) is 41.4 Å². The molecule has 0 spiro atoms. The highest BCUT2D eigenvalue weighted by atomic mass is 35.5. The molecule has 0 saturated heterocycles. The fourth-order valence-corrected chi connectivity index (χ4v) is 4.47. The summed E-state index contributed by atoms with van der Waals surface area (Å²) >= 11 is 13.9. The lowest BCUT2D eigenvalue weighted by atomic mass is 10.2. The third-order valence-electron chi connectivity index (χ3n) is 3.87. The number of nitrogens with zero attached hydrogens (tertiary/aromatic N) is 2. The van der Waals surface area contributed by atoms with Crippen LogP contribution >= 0.6 is 34.5 Å². The first-order chi connectivity index (χ1) is 13.0. The minimum Gasteiger partial charge on any atom is -0.497 e. The van der Waals surface area contributed by atoms with E-state index < -0.39 is 0 Å². The van der Waals surface area contributed by atoms with Crippen LogP contribution < -0.4 is 9.54 Å². The summed E-state index contributed by atoms with van der Waals surface area (Å²) in [7, 11) is 1.56. The number of ether oxygens (including phenoxy) is 2. The van der Waals surface area contributed by atoms with Crippen LogP contribution in [0.25, 0.3) is 10.2 Å². The van der Waals surface area contributed by atoms with Crippen LogP contribution in [0.3, 0.4) is 0 Å². The molecule has 0 N–H and O–H groups in total. The molecule has 0 aliphatic carbocycles. The van der Waals surface area contributed by atoms with E-state index in [2.05, 4.69) is 4.99 Å². The van der Waals surface area contributed by atoms with Gasteiger partial charge in [-0.3, -0.25) is 4.79 Å². The van der Waals surface area contributed by atoms with E-state index in [1.807, 2.05) is 17.6 Å². The van der Waals surface area contributed by atoms with Gasteiger partial charge in [-0.15, -0.1) is 0 Å². The molecule has 0 saturated carbocycles. The molecule has 8 heteroatoms. The van der Waals surface area contributed by atoms with Crippen LogP contribution in [0.5, 0.6) is 5.75 Å². The van der Waals surface area contributed by atoms with Crippen molar-refractivity contribution in [3.05, 3.63) is 56.8 Å². The average molecular weight is 425 g/mol. The summed E-state index contributed by atoms with van der Waals surface area (Å²) in [6.07, 6.45) is 0. The maximum Gasteiger partial charge on any atom is 0.279 e. The lowest BCUT2D eigenvalue weighted by Crippen LogP contribution is -2.20. The van der Waals surface area contributed by atoms with Gasteiger partial charge < -0.3 is 14.0 Å². The van der Waals surface area contributed by atoms with Gasteiger partial charge in [0.15, 0.2) is 4.80 Å². The number of amides is 1. The van der Waals surface area contributed by atoms with Gasteiger partial charge in [0.1, 0.15) is 5.75 Å². The molecule has 0 aliphatic heterocycles. The van der Waals surface area contributed by atoms with Crippen LogP contribution in [0.4, 0.5) is 0 Å². The number of thiazole rings is 1. The van der Waals surface area contributed by atoms with Crippen molar-refractivity contribution in [3.8, 4) is 5.75 Å². The molecule has 5 nitrogen and oxygen atoms in total. The zero-order valence-corrected chi connectivity index (χ0v) is 17.2. The van der Waals surface area contributed by atoms with Crippen LogP contribution in [-0.4, -0.2) is 30.8 Å². The first kappa shape index (κ1) is 19.9. The topological polar surface area (TPSA) is 52.8 Å². The van der Waals surface area contributed by atoms with Crippen molar-refractivity contribution in [2.45, 2.75) is 13.5 Å². The van der Waals surface area contributed by atoms with Gasteiger partial charge in [-0.2, -0.15) is 4.99 Å². The third-order valence-corrected chi connectivity index (χ3v) is 5.40. The molecular formula is C19H18Cl2N2O3S. The van der Waals surface area contributed by atoms with Gasteiger partial charge >= 0.3 is 0 Å². The van der Waals surface area contributed by atoms with E-state index in [1.165, 1.54) is 11.3 Å². The smallest absolute Gasteiger partial charge is 0.279 e. The summed E-state index contributed by atoms with van der Waals surface area (Å²) in [6.45, 7) is 3.55. The SMILES string of the molecule is CCOCCn1c(=NC(=O)c2cccc(OC)c2)sc2cc(Cl)cc(Cl)c21. The standard InChI is InChI=1S/C19H18Cl2N2O3S/c1-3-26-8-7-23-17-15(21)10-13(20)11-16(17)27-19(23)22-18(24)12-5-4-6-14(9-12)25-2/h4-6,9-11H,3,7-8H2,1-2H3. The van der Waals surface area contributed by atoms with Crippen molar-refractivity contribution in [2.24, 2.45) is 4.99 Å². The lowest BCUT2D eigenvalue weighted by molar-refractivity contribution is 0.0996. The molecule has 27 heavy (non-hydrogen) atoms. The van der Waals surface area contributed by atoms with E-state index >= 15 is 0 Å². The number of methoxy groups -OCH3 is 1. The number of rotatable bonds is 6. The van der Waals surface area contributed by atoms with Gasteiger partial charge in [-0.1, -0.05) is 40.6 Å². The van der Waals surface area contributed by atoms with Gasteiger partial charge in [0.25, 0.3) is 5.91 Å². The molecule has 0 aliphatic rings. The van der Waals surface area contributed by atoms with Crippen molar-refractivity contribution in [1.82, 2.24) is 4.57 Å². The molecule has 3 aromatic rings. The van der Waals surface area contributed by atoms with Gasteiger partial charge in [0.2, 0.25) is 0 Å². The number of halogens is 2. The molecule has 1 aromatic heterocycles. The Labute approximate surface area is 170 Å². The van der Waals surface area contributed by atoms with Crippen molar-refractivity contribution < 1.29 is 14.3 Å². The molecule has 2 aromatic carbocycles. The molecule has 0 atom stereocenters. The normalized spacial score (nSPS) is 11.9. The van der Waals surface area contributed by atoms with Gasteiger partial charge in [0, 0.05) is 23.7 Å². The first-order valence-electron chi connectivity index (χ1n) is 8.32. The van der Waals surface area contributed by atoms with Gasteiger partial charge in [-0.05, 0) is 37.3 Å². The van der Waals surface area contributed by atoms with Crippen molar-refractivity contribution >= 4 is 50.7 Å². The lowest BCUT2D eigenvalue weighted by Gasteiger charge is -2.07. The zero-order valence-electron chi connectivity index (χ0n) is 14.9. The van der Waals surface area contributed by atoms with Gasteiger partial charge in [-0.25, -0.2) is 0 Å². The molecule has 0 radical (unpaired) electrons. The van der Waals surface area contributed by atoms with Crippen molar-refractivity contribution in [2.75, 3.05) is 20.3 Å². The molecule has 3 rings (SSSR count). The highest BCUT2D eigenvalue weighted by Gasteiger charge is 2.13. The minimum atomic E-state index is -0.354. The Morgan fingerprint density at radius 3 is 2.81 bits per heavy atom. The summed E-state index contributed by atoms with van der Waals surface area (Å²) in [5, 5.41) is 1.05. The van der Waals surface area contributed by atoms with E-state index in [9.17, 15) is 4.79 Å². The second kappa shape index (κ2) is 8.89. The minimum absolute atomic E-state index is 0.354. The van der Waals surface area contributed by atoms with E-state index in [-0.39, 0.29) is 5.91 Å². The van der Waals surface area contributed by atoms with Crippen LogP contribution in [0.1, 0.15) is 17.3 Å². The van der Waals surface area contributed by atoms with E-state index in [0.717, 1.165) is 10.2 Å². The Kier molecular flexibility index (Phi) is 6.55. The molecule has 1 amide bonds. The Morgan fingerprint density at radius 1 is 1.26 bits per heavy atom. The van der Waals surface area contributed by atoms with Crippen molar-refractivity contribution in [3.63, 3.8) is 0 Å². The number of carbonyl (C=O) groups excluding carboxylic acids is 1. The number of hydrogen-bond donors (Lipinski definition) is 0. The monoisotopic (exact) mass is 424 g/mol. The molecule has 0 unspecified atom stereocenters. The predicted octanol–water partition coefficient (Wildman–Crippen LogP) is 4.80. The maximum atomic E-state index is 12.7. The molecular weight excluding hydrogens is 407 g/mol. The van der Waals surface area contributed by atoms with Gasteiger partial charge in [0.05, 0.1) is 29.0 Å². The molecule has 0 fully saturated rings. The Bertz CT molecular complexity index is 1040. The Morgan fingerprint density at radius 2 is 2.07 bits per heavy atom. The predicted molar refractivity (Wildman–Crippen MR) is 109 cm³/mol. The molecule has 0 bridgehead atoms. The second-order valence-corrected chi connectivity index (χ2v) is 7.47. The highest BCUT2D eigenvalue weighted by Crippen LogP contribution is 2.29. The number of benzene rings is 2. The third kappa shape index (κ3) is 4.52. The zero-order chi connectivity index (χ0) is 19.4. The van der Waals surface area contributed by atoms with Crippen molar-refractivity contribution in [1.29, 1.82) is 0 Å². The fourth-order valence-electron chi connectivity index (χ4n) is 2.63. The van der Waals surface area contributed by atoms with Crippen LogP contribution in [0.2, 0.25) is 10.0 Å². The number of hydrogen-bond acceptors (Lipinski definition) is 4. The van der Waals surface area contributed by atoms with E-state index in [0.29, 0.717) is 45.9 Å². The second-order valence-electron chi connectivity index (χ2n) is 5.62. The van der Waals surface area contributed by atoms with E-state index in [1.54, 1.807) is 37.4 Å². The fraction of sp³-hybridized carbons (Fsp3) is 0.263. The maximum absolute atomic E-state index is 12.7. The summed E-state index contributed by atoms with van der Waals surface area (Å²) < 4.78 is 13.4. The first-order valence-corrected chi connectivity index (χ1v) is 9.90. The highest BCUT2D eigenvalue weighted by molar-refractivity contribution is 7.16. The summed E-state index contributed by atoms with van der Waals surface area (Å²) in [4.78, 5) is 17.5. The summed E-state index contributed by atoms with van der Waals surface area (Å²) in [5.41, 5.74) is 1.25. The number of aromatic nitrogens is 1. The Hall–Kier alpha value is -1.86. The van der Waals surface area contributed by atoms with E-state index in [4.69, 9.17) is 32.7 Å². The molecule has 142 valence electrons. The van der Waals surface area contributed by atoms with Crippen LogP contribution in [0, 0.1) is 0 Å². The summed E-state index contributed by atoms with van der Waals surface area (Å²) in [5.74, 6) is 0.249. The quantitative estimate of drug-likeness (QED) is 0.534. The molecule has 1 heterocycles. The average Bonchev–Trinajstić information content (AvgIpc) is 2.99. The van der Waals surface area contributed by atoms with Crippen LogP contribution in [-0.2, 0) is 11.3 Å².